The summed E-state index contributed by atoms with van der Waals surface area (Å²) < 4.78 is 12.9. The highest BCUT2D eigenvalue weighted by Crippen LogP contribution is 2.64. The Labute approximate surface area is 340 Å². The van der Waals surface area contributed by atoms with E-state index in [-0.39, 0.29) is 0 Å². The molecule has 0 saturated heterocycles. The summed E-state index contributed by atoms with van der Waals surface area (Å²) in [5.74, 6) is 1.76. The summed E-state index contributed by atoms with van der Waals surface area (Å²) in [6, 6.07) is 71.4. The summed E-state index contributed by atoms with van der Waals surface area (Å²) in [5, 5.41) is 7.16. The molecule has 2 heteroatoms. The van der Waals surface area contributed by atoms with Crippen molar-refractivity contribution in [2.24, 2.45) is 0 Å². The van der Waals surface area contributed by atoms with E-state index in [2.05, 4.69) is 182 Å². The minimum Gasteiger partial charge on any atom is -0.456 e. The number of benzene rings is 10. The van der Waals surface area contributed by atoms with Crippen LogP contribution in [0.25, 0.3) is 99.1 Å². The molecule has 1 aliphatic heterocycles. The summed E-state index contributed by atoms with van der Waals surface area (Å²) >= 11 is 0. The Kier molecular flexibility index (Phi) is 5.99. The van der Waals surface area contributed by atoms with Gasteiger partial charge in [-0.3, -0.25) is 0 Å². The molecule has 0 amide bonds. The van der Waals surface area contributed by atoms with E-state index in [1.165, 1.54) is 77.4 Å². The first-order valence-corrected chi connectivity index (χ1v) is 20.4. The van der Waals surface area contributed by atoms with Crippen LogP contribution >= 0.6 is 0 Å². The molecule has 59 heavy (non-hydrogen) atoms. The van der Waals surface area contributed by atoms with Crippen LogP contribution in [-0.2, 0) is 5.41 Å². The predicted molar refractivity (Wildman–Crippen MR) is 241 cm³/mol. The first-order valence-electron chi connectivity index (χ1n) is 20.4. The Morgan fingerprint density at radius 1 is 0.322 bits per heavy atom. The summed E-state index contributed by atoms with van der Waals surface area (Å²) in [4.78, 5) is 0. The van der Waals surface area contributed by atoms with Crippen molar-refractivity contribution in [1.29, 1.82) is 0 Å². The molecule has 1 unspecified atom stereocenters. The molecular weight excluding hydrogens is 717 g/mol. The molecule has 0 radical (unpaired) electrons. The van der Waals surface area contributed by atoms with Crippen LogP contribution in [-0.4, -0.2) is 0 Å². The fourth-order valence-electron chi connectivity index (χ4n) is 11.0. The number of rotatable bonds is 2. The van der Waals surface area contributed by atoms with Crippen LogP contribution in [0.2, 0.25) is 0 Å². The number of ether oxygens (including phenoxy) is 1. The van der Waals surface area contributed by atoms with Crippen molar-refractivity contribution >= 4 is 43.5 Å². The van der Waals surface area contributed by atoms with Crippen molar-refractivity contribution in [3.63, 3.8) is 0 Å². The number of furan rings is 1. The highest BCUT2D eigenvalue weighted by atomic mass is 16.5. The molecule has 2 nitrogen and oxygen atoms in total. The molecule has 1 spiro atoms. The summed E-state index contributed by atoms with van der Waals surface area (Å²) in [6.07, 6.45) is 0. The molecule has 11 aromatic rings. The van der Waals surface area contributed by atoms with Gasteiger partial charge in [0.2, 0.25) is 0 Å². The molecule has 0 saturated carbocycles. The maximum absolute atomic E-state index is 6.74. The first kappa shape index (κ1) is 31.4. The predicted octanol–water partition coefficient (Wildman–Crippen LogP) is 15.3. The zero-order valence-electron chi connectivity index (χ0n) is 31.8. The van der Waals surface area contributed by atoms with Crippen molar-refractivity contribution < 1.29 is 9.15 Å². The van der Waals surface area contributed by atoms with E-state index in [1.54, 1.807) is 0 Å². The van der Waals surface area contributed by atoms with Crippen molar-refractivity contribution in [1.82, 2.24) is 0 Å². The number of para-hydroxylation sites is 1. The lowest BCUT2D eigenvalue weighted by molar-refractivity contribution is 0.487. The van der Waals surface area contributed by atoms with E-state index in [9.17, 15) is 0 Å². The maximum atomic E-state index is 6.74. The van der Waals surface area contributed by atoms with Gasteiger partial charge in [0, 0.05) is 21.7 Å². The minimum absolute atomic E-state index is 0.436. The second-order valence-corrected chi connectivity index (χ2v) is 16.3. The van der Waals surface area contributed by atoms with E-state index in [0.29, 0.717) is 0 Å². The van der Waals surface area contributed by atoms with Gasteiger partial charge in [-0.05, 0) is 131 Å². The van der Waals surface area contributed by atoms with Crippen molar-refractivity contribution in [3.05, 3.63) is 216 Å². The first-order chi connectivity index (χ1) is 29.2. The lowest BCUT2D eigenvalue weighted by atomic mass is 9.70. The van der Waals surface area contributed by atoms with Gasteiger partial charge < -0.3 is 9.15 Å². The zero-order chi connectivity index (χ0) is 38.4. The van der Waals surface area contributed by atoms with E-state index in [0.717, 1.165) is 55.5 Å². The van der Waals surface area contributed by atoms with E-state index < -0.39 is 5.41 Å². The van der Waals surface area contributed by atoms with Crippen molar-refractivity contribution in [3.8, 4) is 67.1 Å². The number of fused-ring (bicyclic) bond motifs is 17. The largest absolute Gasteiger partial charge is 0.456 e. The van der Waals surface area contributed by atoms with E-state index in [4.69, 9.17) is 9.15 Å². The van der Waals surface area contributed by atoms with Crippen LogP contribution in [0, 0.1) is 0 Å². The molecule has 0 N–H and O–H groups in total. The average Bonchev–Trinajstić information content (AvgIpc) is 3.93. The van der Waals surface area contributed by atoms with Crippen LogP contribution in [0.4, 0.5) is 0 Å². The third kappa shape index (κ3) is 4.00. The quantitative estimate of drug-likeness (QED) is 0.176. The van der Waals surface area contributed by atoms with Gasteiger partial charge in [0.05, 0.1) is 5.41 Å². The van der Waals surface area contributed by atoms with Gasteiger partial charge in [0.15, 0.2) is 0 Å². The fourth-order valence-corrected chi connectivity index (χ4v) is 11.0. The van der Waals surface area contributed by atoms with Crippen LogP contribution < -0.4 is 4.74 Å². The Morgan fingerprint density at radius 3 is 1.92 bits per heavy atom. The molecule has 0 fully saturated rings. The van der Waals surface area contributed by atoms with Gasteiger partial charge in [-0.2, -0.15) is 0 Å². The maximum Gasteiger partial charge on any atom is 0.135 e. The summed E-state index contributed by atoms with van der Waals surface area (Å²) in [7, 11) is 0. The lowest BCUT2D eigenvalue weighted by Crippen LogP contribution is -2.25. The monoisotopic (exact) mass is 748 g/mol. The molecule has 1 aromatic heterocycles. The van der Waals surface area contributed by atoms with Gasteiger partial charge in [-0.15, -0.1) is 0 Å². The molecule has 10 aromatic carbocycles. The highest BCUT2D eigenvalue weighted by Gasteiger charge is 2.52. The summed E-state index contributed by atoms with van der Waals surface area (Å²) in [6.45, 7) is 0. The normalized spacial score (nSPS) is 15.3. The molecule has 2 heterocycles. The molecular formula is C57H32O2. The smallest absolute Gasteiger partial charge is 0.135 e. The van der Waals surface area contributed by atoms with Crippen LogP contribution in [0.15, 0.2) is 199 Å². The zero-order valence-corrected chi connectivity index (χ0v) is 31.8. The molecule has 3 aliphatic rings. The van der Waals surface area contributed by atoms with Gasteiger partial charge >= 0.3 is 0 Å². The molecule has 272 valence electrons. The highest BCUT2D eigenvalue weighted by molar-refractivity contribution is 6.12. The van der Waals surface area contributed by atoms with Crippen LogP contribution in [0.3, 0.4) is 0 Å². The Bertz CT molecular complexity index is 3660. The lowest BCUT2D eigenvalue weighted by Gasteiger charge is -2.31. The van der Waals surface area contributed by atoms with Gasteiger partial charge in [0.25, 0.3) is 0 Å². The Morgan fingerprint density at radius 2 is 0.983 bits per heavy atom. The Hall–Kier alpha value is -7.68. The van der Waals surface area contributed by atoms with Crippen LogP contribution in [0.5, 0.6) is 11.5 Å². The van der Waals surface area contributed by atoms with E-state index in [1.807, 2.05) is 12.1 Å². The average molecular weight is 749 g/mol. The summed E-state index contributed by atoms with van der Waals surface area (Å²) in [5.41, 5.74) is 19.0. The standard InChI is InChI=1S/C57H32O2/c1-2-11-38-33(10-1)21-26-49-55(38)44-14-4-7-18-48(44)57(49)47-17-6-3-12-39(47)40-24-20-36(32-50(40)57)37-25-29-54-56-42(37)15-9-16-43(56)46-31-35(23-28-53(46)59-54)34-22-27-52-45(30-34)41-13-5-8-19-51(41)58-52/h1-32H. The third-order valence-corrected chi connectivity index (χ3v) is 13.5. The molecule has 14 rings (SSSR count). The second-order valence-electron chi connectivity index (χ2n) is 16.3. The Balaban J connectivity index is 0.961. The topological polar surface area (TPSA) is 22.4 Å². The van der Waals surface area contributed by atoms with Crippen LogP contribution in [0.1, 0.15) is 22.3 Å². The van der Waals surface area contributed by atoms with Gasteiger partial charge in [0.1, 0.15) is 22.7 Å². The SMILES string of the molecule is c1ccc2c(c1)-c1ccc(-c3ccc4c5c(cccc35)-c3cc(-c5ccc6oc7ccccc7c6c5)ccc3O4)cc1C21c2ccccc2-c2c1ccc1ccccc21. The fraction of sp³-hybridized carbons (Fsp3) is 0.0175. The molecule has 0 bridgehead atoms. The minimum atomic E-state index is -0.436. The third-order valence-electron chi connectivity index (χ3n) is 13.5. The van der Waals surface area contributed by atoms with Gasteiger partial charge in [-0.1, -0.05) is 152 Å². The van der Waals surface area contributed by atoms with E-state index >= 15 is 0 Å². The second kappa shape index (κ2) is 11.2. The van der Waals surface area contributed by atoms with Crippen molar-refractivity contribution in [2.75, 3.05) is 0 Å². The molecule has 2 aliphatic carbocycles. The van der Waals surface area contributed by atoms with Crippen molar-refractivity contribution in [2.45, 2.75) is 5.41 Å². The van der Waals surface area contributed by atoms with Gasteiger partial charge in [-0.25, -0.2) is 0 Å². The number of hydrogen-bond acceptors (Lipinski definition) is 2. The number of hydrogen-bond donors (Lipinski definition) is 0. The molecule has 1 atom stereocenters.